The number of aryl methyl sites for hydroxylation is 1. The number of imidazole rings is 1. The Balaban J connectivity index is 1.87. The van der Waals surface area contributed by atoms with Gasteiger partial charge in [-0.3, -0.25) is 4.79 Å². The molecule has 4 nitrogen and oxygen atoms in total. The Morgan fingerprint density at radius 3 is 2.81 bits per heavy atom. The molecular weight excluding hydrogens is 202 g/mol. The molecule has 0 unspecified atom stereocenters. The van der Waals surface area contributed by atoms with Crippen molar-refractivity contribution in [2.24, 2.45) is 0 Å². The quantitative estimate of drug-likeness (QED) is 0.685. The topological polar surface area (TPSA) is 46.9 Å². The van der Waals surface area contributed by atoms with Gasteiger partial charge in [0, 0.05) is 31.9 Å². The molecule has 0 spiro atoms. The van der Waals surface area contributed by atoms with Crippen molar-refractivity contribution in [2.45, 2.75) is 45.6 Å². The third kappa shape index (κ3) is 5.53. The van der Waals surface area contributed by atoms with Crippen LogP contribution in [-0.2, 0) is 11.3 Å². The molecule has 1 heterocycles. The SMILES string of the molecule is CCC(=O)NCCCCCCn1ccnc1. The highest BCUT2D eigenvalue weighted by Crippen LogP contribution is 2.01. The summed E-state index contributed by atoms with van der Waals surface area (Å²) in [5.41, 5.74) is 0. The van der Waals surface area contributed by atoms with Gasteiger partial charge in [-0.25, -0.2) is 4.98 Å². The number of aromatic nitrogens is 2. The highest BCUT2D eigenvalue weighted by Gasteiger charge is 1.95. The van der Waals surface area contributed by atoms with Crippen molar-refractivity contribution in [3.05, 3.63) is 18.7 Å². The van der Waals surface area contributed by atoms with Crippen LogP contribution in [0.15, 0.2) is 18.7 Å². The summed E-state index contributed by atoms with van der Waals surface area (Å²) >= 11 is 0. The Morgan fingerprint density at radius 2 is 2.12 bits per heavy atom. The minimum absolute atomic E-state index is 0.151. The van der Waals surface area contributed by atoms with E-state index in [1.54, 1.807) is 6.20 Å². The number of carbonyl (C=O) groups is 1. The van der Waals surface area contributed by atoms with Crippen LogP contribution in [0.5, 0.6) is 0 Å². The Bertz CT molecular complexity index is 282. The van der Waals surface area contributed by atoms with E-state index in [0.29, 0.717) is 6.42 Å². The average molecular weight is 223 g/mol. The standard InChI is InChI=1S/C12H21N3O/c1-2-12(16)14-7-5-3-4-6-9-15-10-8-13-11-15/h8,10-11H,2-7,9H2,1H3,(H,14,16). The van der Waals surface area contributed by atoms with Gasteiger partial charge >= 0.3 is 0 Å². The number of carbonyl (C=O) groups excluding carboxylic acids is 1. The van der Waals surface area contributed by atoms with Crippen LogP contribution in [-0.4, -0.2) is 22.0 Å². The summed E-state index contributed by atoms with van der Waals surface area (Å²) in [7, 11) is 0. The zero-order valence-corrected chi connectivity index (χ0v) is 9.98. The lowest BCUT2D eigenvalue weighted by Crippen LogP contribution is -2.23. The molecule has 0 aromatic carbocycles. The lowest BCUT2D eigenvalue weighted by molar-refractivity contribution is -0.120. The monoisotopic (exact) mass is 223 g/mol. The van der Waals surface area contributed by atoms with E-state index < -0.39 is 0 Å². The summed E-state index contributed by atoms with van der Waals surface area (Å²) < 4.78 is 2.10. The molecule has 1 N–H and O–H groups in total. The van der Waals surface area contributed by atoms with Crippen molar-refractivity contribution in [1.29, 1.82) is 0 Å². The molecule has 0 saturated heterocycles. The first-order valence-electron chi connectivity index (χ1n) is 6.05. The fraction of sp³-hybridized carbons (Fsp3) is 0.667. The van der Waals surface area contributed by atoms with Crippen LogP contribution in [0.25, 0.3) is 0 Å². The number of hydrogen-bond donors (Lipinski definition) is 1. The molecule has 0 saturated carbocycles. The number of hydrogen-bond acceptors (Lipinski definition) is 2. The smallest absolute Gasteiger partial charge is 0.219 e. The fourth-order valence-corrected chi connectivity index (χ4v) is 1.54. The van der Waals surface area contributed by atoms with Crippen molar-refractivity contribution in [3.63, 3.8) is 0 Å². The van der Waals surface area contributed by atoms with E-state index in [-0.39, 0.29) is 5.91 Å². The van der Waals surface area contributed by atoms with Gasteiger partial charge in [0.05, 0.1) is 6.33 Å². The maximum Gasteiger partial charge on any atom is 0.219 e. The molecule has 0 aliphatic rings. The van der Waals surface area contributed by atoms with Gasteiger partial charge in [-0.05, 0) is 12.8 Å². The summed E-state index contributed by atoms with van der Waals surface area (Å²) in [4.78, 5) is 14.9. The number of nitrogens with one attached hydrogen (secondary N) is 1. The maximum atomic E-state index is 10.9. The molecule has 16 heavy (non-hydrogen) atoms. The molecule has 1 amide bonds. The molecule has 0 radical (unpaired) electrons. The van der Waals surface area contributed by atoms with Crippen molar-refractivity contribution in [1.82, 2.24) is 14.9 Å². The normalized spacial score (nSPS) is 10.3. The highest BCUT2D eigenvalue weighted by atomic mass is 16.1. The lowest BCUT2D eigenvalue weighted by Gasteiger charge is -2.04. The van der Waals surface area contributed by atoms with E-state index >= 15 is 0 Å². The second-order valence-corrected chi connectivity index (χ2v) is 3.92. The van der Waals surface area contributed by atoms with E-state index in [0.717, 1.165) is 19.5 Å². The summed E-state index contributed by atoms with van der Waals surface area (Å²) in [6.45, 7) is 3.74. The first kappa shape index (κ1) is 12.7. The number of amides is 1. The molecule has 0 bridgehead atoms. The first-order chi connectivity index (χ1) is 7.83. The van der Waals surface area contributed by atoms with E-state index in [9.17, 15) is 4.79 Å². The predicted molar refractivity (Wildman–Crippen MR) is 64.0 cm³/mol. The maximum absolute atomic E-state index is 10.9. The van der Waals surface area contributed by atoms with Crippen molar-refractivity contribution in [2.75, 3.05) is 6.54 Å². The van der Waals surface area contributed by atoms with Gasteiger partial charge in [-0.2, -0.15) is 0 Å². The van der Waals surface area contributed by atoms with Crippen LogP contribution in [0.4, 0.5) is 0 Å². The molecule has 90 valence electrons. The summed E-state index contributed by atoms with van der Waals surface area (Å²) in [6, 6.07) is 0. The molecule has 0 aliphatic heterocycles. The van der Waals surface area contributed by atoms with Gasteiger partial charge in [0.1, 0.15) is 0 Å². The first-order valence-corrected chi connectivity index (χ1v) is 6.05. The average Bonchev–Trinajstić information content (AvgIpc) is 2.80. The Morgan fingerprint density at radius 1 is 1.31 bits per heavy atom. The Hall–Kier alpha value is -1.32. The second kappa shape index (κ2) is 7.91. The van der Waals surface area contributed by atoms with Crippen LogP contribution in [0.1, 0.15) is 39.0 Å². The third-order valence-corrected chi connectivity index (χ3v) is 2.55. The van der Waals surface area contributed by atoms with E-state index in [1.165, 1.54) is 19.3 Å². The van der Waals surface area contributed by atoms with Crippen LogP contribution in [0.2, 0.25) is 0 Å². The number of nitrogens with zero attached hydrogens (tertiary/aromatic N) is 2. The molecular formula is C12H21N3O. The zero-order valence-electron chi connectivity index (χ0n) is 9.98. The van der Waals surface area contributed by atoms with Gasteiger partial charge in [0.15, 0.2) is 0 Å². The van der Waals surface area contributed by atoms with Gasteiger partial charge in [-0.15, -0.1) is 0 Å². The largest absolute Gasteiger partial charge is 0.356 e. The van der Waals surface area contributed by atoms with Gasteiger partial charge < -0.3 is 9.88 Å². The molecule has 0 aliphatic carbocycles. The summed E-state index contributed by atoms with van der Waals surface area (Å²) in [5, 5.41) is 2.88. The van der Waals surface area contributed by atoms with Gasteiger partial charge in [-0.1, -0.05) is 19.8 Å². The minimum Gasteiger partial charge on any atom is -0.356 e. The second-order valence-electron chi connectivity index (χ2n) is 3.92. The van der Waals surface area contributed by atoms with E-state index in [1.807, 2.05) is 19.4 Å². The zero-order chi connectivity index (χ0) is 11.6. The highest BCUT2D eigenvalue weighted by molar-refractivity contribution is 5.75. The molecule has 0 atom stereocenters. The lowest BCUT2D eigenvalue weighted by atomic mass is 10.2. The Labute approximate surface area is 97.1 Å². The number of unbranched alkanes of at least 4 members (excludes halogenated alkanes) is 3. The van der Waals surface area contributed by atoms with Crippen LogP contribution in [0.3, 0.4) is 0 Å². The van der Waals surface area contributed by atoms with E-state index in [2.05, 4.69) is 14.9 Å². The molecule has 1 rings (SSSR count). The molecule has 0 fully saturated rings. The predicted octanol–water partition coefficient (Wildman–Crippen LogP) is 1.97. The minimum atomic E-state index is 0.151. The third-order valence-electron chi connectivity index (χ3n) is 2.55. The van der Waals surface area contributed by atoms with Crippen molar-refractivity contribution < 1.29 is 4.79 Å². The molecule has 4 heteroatoms. The summed E-state index contributed by atoms with van der Waals surface area (Å²) in [5.74, 6) is 0.151. The number of rotatable bonds is 8. The van der Waals surface area contributed by atoms with Crippen molar-refractivity contribution in [3.8, 4) is 0 Å². The van der Waals surface area contributed by atoms with Gasteiger partial charge in [0.2, 0.25) is 5.91 Å². The van der Waals surface area contributed by atoms with Crippen LogP contribution < -0.4 is 5.32 Å². The Kier molecular flexibility index (Phi) is 6.30. The molecule has 1 aromatic rings. The van der Waals surface area contributed by atoms with Crippen LogP contribution in [0, 0.1) is 0 Å². The van der Waals surface area contributed by atoms with Crippen LogP contribution >= 0.6 is 0 Å². The fourth-order valence-electron chi connectivity index (χ4n) is 1.54. The van der Waals surface area contributed by atoms with Crippen molar-refractivity contribution >= 4 is 5.91 Å². The van der Waals surface area contributed by atoms with E-state index in [4.69, 9.17) is 0 Å². The molecule has 1 aromatic heterocycles. The summed E-state index contributed by atoms with van der Waals surface area (Å²) in [6.07, 6.45) is 10.9. The van der Waals surface area contributed by atoms with Gasteiger partial charge in [0.25, 0.3) is 0 Å².